The predicted octanol–water partition coefficient (Wildman–Crippen LogP) is 11.7. The molecular formula is C80H130Na2O24P2. The SMILES string of the molecule is CCCCCCCCCCCC(=O)OCC(COP(=O)([O-])OCC(O)COP(=O)([O-])OCC(COC(=O)CCCCCCCCCCC)OC(=O)CCCCCCCCCCC)OC(=O)CCCCCCCCCCC.COc1cc2c(cc1OC)C1C(=O)c3c(O)cc4c(c3OC1CO2)C=CC(C)(C)O4.[Na+].[Na+]. The van der Waals surface area contributed by atoms with Crippen molar-refractivity contribution in [3.05, 3.63) is 41.0 Å². The van der Waals surface area contributed by atoms with E-state index in [1.165, 1.54) is 116 Å². The van der Waals surface area contributed by atoms with Crippen molar-refractivity contribution in [2.24, 2.45) is 0 Å². The molecule has 0 saturated heterocycles. The first kappa shape index (κ1) is 101. The number of ether oxygens (including phenoxy) is 9. The van der Waals surface area contributed by atoms with Crippen LogP contribution in [-0.2, 0) is 65.4 Å². The summed E-state index contributed by atoms with van der Waals surface area (Å²) in [5.41, 5.74) is 0.930. The molecular weight excluding hydrogens is 1450 g/mol. The summed E-state index contributed by atoms with van der Waals surface area (Å²) < 4.78 is 95.5. The van der Waals surface area contributed by atoms with Crippen molar-refractivity contribution in [2.45, 2.75) is 334 Å². The molecule has 2 N–H and O–H groups in total. The van der Waals surface area contributed by atoms with Gasteiger partial charge in [0.1, 0.15) is 66.2 Å². The van der Waals surface area contributed by atoms with Crippen LogP contribution in [0.3, 0.4) is 0 Å². The number of hydrogen-bond donors (Lipinski definition) is 2. The van der Waals surface area contributed by atoms with Gasteiger partial charge < -0.3 is 80.7 Å². The number of fused-ring (bicyclic) bond motifs is 6. The fourth-order valence-electron chi connectivity index (χ4n) is 12.7. The number of carbonyl (C=O) groups excluding carboxylic acids is 5. The second-order valence-corrected chi connectivity index (χ2v) is 31.6. The molecule has 24 nitrogen and oxygen atoms in total. The number of aliphatic hydroxyl groups is 1. The quantitative estimate of drug-likeness (QED) is 0.0204. The summed E-state index contributed by atoms with van der Waals surface area (Å²) in [5.74, 6) is -0.900. The van der Waals surface area contributed by atoms with Crippen LogP contribution in [0.1, 0.15) is 326 Å². The molecule has 0 aliphatic carbocycles. The van der Waals surface area contributed by atoms with Crippen LogP contribution in [0.15, 0.2) is 24.3 Å². The Labute approximate surface area is 689 Å². The van der Waals surface area contributed by atoms with Gasteiger partial charge in [-0.25, -0.2) is 0 Å². The van der Waals surface area contributed by atoms with Crippen LogP contribution in [0.25, 0.3) is 6.08 Å². The molecule has 0 fully saturated rings. The van der Waals surface area contributed by atoms with E-state index in [0.717, 1.165) is 103 Å². The molecule has 0 bridgehead atoms. The largest absolute Gasteiger partial charge is 1.00 e. The molecule has 0 aromatic heterocycles. The minimum Gasteiger partial charge on any atom is -0.756 e. The van der Waals surface area contributed by atoms with E-state index in [2.05, 4.69) is 27.7 Å². The van der Waals surface area contributed by atoms with Crippen molar-refractivity contribution < 1.29 is 173 Å². The van der Waals surface area contributed by atoms with E-state index < -0.39 is 115 Å². The van der Waals surface area contributed by atoms with E-state index in [1.54, 1.807) is 19.2 Å². The van der Waals surface area contributed by atoms with Gasteiger partial charge in [-0.15, -0.1) is 0 Å². The Morgan fingerprint density at radius 2 is 0.861 bits per heavy atom. The average molecular weight is 1580 g/mol. The zero-order valence-corrected chi connectivity index (χ0v) is 73.1. The van der Waals surface area contributed by atoms with Gasteiger partial charge in [0.2, 0.25) is 0 Å². The molecule has 5 rings (SSSR count). The maximum absolute atomic E-state index is 13.6. The number of benzene rings is 2. The Balaban J connectivity index is 0.00000101. The average Bonchev–Trinajstić information content (AvgIpc) is 0.727. The molecule has 0 spiro atoms. The van der Waals surface area contributed by atoms with Gasteiger partial charge >= 0.3 is 83.0 Å². The summed E-state index contributed by atoms with van der Waals surface area (Å²) in [7, 11) is -7.32. The van der Waals surface area contributed by atoms with Gasteiger partial charge in [-0.2, -0.15) is 0 Å². The molecule has 108 heavy (non-hydrogen) atoms. The summed E-state index contributed by atoms with van der Waals surface area (Å²) >= 11 is 0. The summed E-state index contributed by atoms with van der Waals surface area (Å²) in [6.45, 7) is 8.39. The number of carbonyl (C=O) groups is 5. The molecule has 0 radical (unpaired) electrons. The molecule has 2 aromatic carbocycles. The summed E-state index contributed by atoms with van der Waals surface area (Å²) in [4.78, 5) is 89.8. The number of phosphoric ester groups is 2. The molecule has 3 aliphatic rings. The number of phenolic OH excluding ortho intramolecular Hbond substituents is 1. The van der Waals surface area contributed by atoms with Gasteiger partial charge in [0.25, 0.3) is 15.6 Å². The molecule has 6 atom stereocenters. The number of methoxy groups -OCH3 is 2. The van der Waals surface area contributed by atoms with E-state index in [4.69, 9.17) is 60.7 Å². The fourth-order valence-corrected chi connectivity index (χ4v) is 14.2. The van der Waals surface area contributed by atoms with Crippen molar-refractivity contribution in [2.75, 3.05) is 60.5 Å². The topological polar surface area (TPSA) is 326 Å². The number of Topliss-reactive ketones (excluding diaryl/α,β-unsaturated/α-hetero) is 1. The van der Waals surface area contributed by atoms with Gasteiger partial charge in [0, 0.05) is 43.4 Å². The third-order valence-corrected chi connectivity index (χ3v) is 20.7. The van der Waals surface area contributed by atoms with Crippen molar-refractivity contribution in [3.63, 3.8) is 0 Å². The molecule has 3 aliphatic heterocycles. The van der Waals surface area contributed by atoms with E-state index in [-0.39, 0.29) is 109 Å². The summed E-state index contributed by atoms with van der Waals surface area (Å²) in [6, 6.07) is 4.92. The Morgan fingerprint density at radius 1 is 0.509 bits per heavy atom. The van der Waals surface area contributed by atoms with E-state index in [0.29, 0.717) is 65.6 Å². The van der Waals surface area contributed by atoms with Crippen LogP contribution in [0.5, 0.6) is 34.5 Å². The zero-order valence-electron chi connectivity index (χ0n) is 67.3. The fraction of sp³-hybridized carbons (Fsp3) is 0.762. The van der Waals surface area contributed by atoms with Gasteiger partial charge in [-0.05, 0) is 57.7 Å². The van der Waals surface area contributed by atoms with Crippen LogP contribution in [0.4, 0.5) is 0 Å². The van der Waals surface area contributed by atoms with Crippen LogP contribution in [0, 0.1) is 0 Å². The number of rotatable bonds is 60. The number of esters is 4. The van der Waals surface area contributed by atoms with Gasteiger partial charge in [0.05, 0.1) is 52.1 Å². The molecule has 3 heterocycles. The van der Waals surface area contributed by atoms with Crippen LogP contribution in [-0.4, -0.2) is 130 Å². The number of aliphatic hydroxyl groups excluding tert-OH is 1. The number of hydrogen-bond acceptors (Lipinski definition) is 24. The first-order chi connectivity index (χ1) is 51.0. The third kappa shape index (κ3) is 42.2. The van der Waals surface area contributed by atoms with Crippen molar-refractivity contribution in [3.8, 4) is 34.5 Å². The summed E-state index contributed by atoms with van der Waals surface area (Å²) in [6.07, 6.45) is 37.5. The molecule has 28 heteroatoms. The zero-order chi connectivity index (χ0) is 77.4. The third-order valence-electron chi connectivity index (χ3n) is 18.8. The van der Waals surface area contributed by atoms with Crippen LogP contribution in [0.2, 0.25) is 0 Å². The van der Waals surface area contributed by atoms with Crippen molar-refractivity contribution >= 4 is 51.4 Å². The Hall–Kier alpha value is -3.29. The normalized spacial score (nSPS) is 16.3. The van der Waals surface area contributed by atoms with Crippen LogP contribution >= 0.6 is 15.6 Å². The van der Waals surface area contributed by atoms with Crippen LogP contribution < -0.4 is 92.6 Å². The first-order valence-corrected chi connectivity index (χ1v) is 42.9. The number of aromatic hydroxyl groups is 1. The van der Waals surface area contributed by atoms with E-state index >= 15 is 0 Å². The number of unbranched alkanes of at least 4 members (excludes halogenated alkanes) is 32. The van der Waals surface area contributed by atoms with E-state index in [1.807, 2.05) is 26.0 Å². The van der Waals surface area contributed by atoms with Gasteiger partial charge in [0.15, 0.2) is 29.5 Å². The predicted molar refractivity (Wildman–Crippen MR) is 402 cm³/mol. The standard InChI is InChI=1S/C57H110O17P2.C23H22O7.2Na/c1-5-9-13-17-21-25-29-33-37-41-54(59)67-47-52(73-56(61)43-39-35-31-27-23-19-15-11-7-3)49-71-75(63,64)69-45-51(58)46-70-76(65,66)72-50-53(74-57(62)44-40-36-32-28-24-20-16-12-8-4)48-68-55(60)42-38-34-30-26-22-18-14-10-6-2;1-23(2)6-5-11-15(30-23)8-13(24)20-21(25)19-12-7-16(26-3)17(27-4)9-14(12)28-10-18(19)29-22(11)20;;/h51-53,58H,5-50H2,1-4H3,(H,63,64)(H,65,66);5-9,18-19,24H,10H2,1-4H3;;/q;;2*+1/p-2. The molecule has 2 aromatic rings. The smallest absolute Gasteiger partial charge is 0.756 e. The monoisotopic (exact) mass is 1580 g/mol. The molecule has 0 amide bonds. The number of phenols is 1. The first-order valence-electron chi connectivity index (χ1n) is 40.0. The molecule has 6 unspecified atom stereocenters. The van der Waals surface area contributed by atoms with Gasteiger partial charge in [-0.3, -0.25) is 33.1 Å². The van der Waals surface area contributed by atoms with Gasteiger partial charge in [-0.1, -0.05) is 233 Å². The van der Waals surface area contributed by atoms with Crippen molar-refractivity contribution in [1.82, 2.24) is 0 Å². The Morgan fingerprint density at radius 3 is 1.24 bits per heavy atom. The minimum atomic E-state index is -5.20. The molecule has 0 saturated carbocycles. The van der Waals surface area contributed by atoms with E-state index in [9.17, 15) is 53.1 Å². The maximum Gasteiger partial charge on any atom is 1.00 e. The molecule has 606 valence electrons. The second kappa shape index (κ2) is 58.5. The maximum atomic E-state index is 13.6. The minimum absolute atomic E-state index is 0. The number of ketones is 1. The Bertz CT molecular complexity index is 2880. The van der Waals surface area contributed by atoms with Crippen molar-refractivity contribution in [1.29, 1.82) is 0 Å². The summed E-state index contributed by atoms with van der Waals surface area (Å²) in [5, 5.41) is 21.1. The second-order valence-electron chi connectivity index (χ2n) is 28.7. The Kier molecular flexibility index (Phi) is 54.6. The number of phosphoric acid groups is 2.